The van der Waals surface area contributed by atoms with Crippen LogP contribution in [0.2, 0.25) is 0 Å². The van der Waals surface area contributed by atoms with E-state index in [9.17, 15) is 8.78 Å². The Hall–Kier alpha value is -4.11. The molecule has 0 saturated heterocycles. The number of halogens is 2. The molecule has 43 heavy (non-hydrogen) atoms. The summed E-state index contributed by atoms with van der Waals surface area (Å²) >= 11 is 0. The Morgan fingerprint density at radius 2 is 1.51 bits per heavy atom. The molecule has 2 aliphatic rings. The van der Waals surface area contributed by atoms with E-state index in [0.717, 1.165) is 78.4 Å². The summed E-state index contributed by atoms with van der Waals surface area (Å²) in [7, 11) is 0. The number of rotatable bonds is 13. The fourth-order valence-electron chi connectivity index (χ4n) is 5.82. The number of imidazole rings is 1. The van der Waals surface area contributed by atoms with Gasteiger partial charge in [-0.1, -0.05) is 75.6 Å². The van der Waals surface area contributed by atoms with Crippen LogP contribution in [0, 0.1) is 0 Å². The average Bonchev–Trinajstić information content (AvgIpc) is 3.72. The number of hydrogen-bond acceptors (Lipinski definition) is 6. The zero-order valence-corrected chi connectivity index (χ0v) is 24.6. The Morgan fingerprint density at radius 3 is 2.26 bits per heavy atom. The average molecular weight is 590 g/mol. The molecule has 0 fully saturated rings. The van der Waals surface area contributed by atoms with E-state index in [1.165, 1.54) is 0 Å². The second kappa shape index (κ2) is 12.6. The van der Waals surface area contributed by atoms with Crippen LogP contribution >= 0.6 is 0 Å². The van der Waals surface area contributed by atoms with Gasteiger partial charge in [-0.05, 0) is 48.2 Å². The number of alkyl halides is 2. The predicted octanol–water partition coefficient (Wildman–Crippen LogP) is 8.33. The van der Waals surface area contributed by atoms with Gasteiger partial charge in [-0.25, -0.2) is 4.98 Å². The molecule has 0 amide bonds. The number of benzene rings is 3. The first-order valence-corrected chi connectivity index (χ1v) is 15.1. The zero-order valence-electron chi connectivity index (χ0n) is 24.6. The zero-order chi connectivity index (χ0) is 29.8. The maximum Gasteiger partial charge on any atom is 0.586 e. The first kappa shape index (κ1) is 29.0. The van der Waals surface area contributed by atoms with Crippen LogP contribution in [0.15, 0.2) is 72.9 Å². The highest BCUT2D eigenvalue weighted by Crippen LogP contribution is 2.42. The highest BCUT2D eigenvalue weighted by atomic mass is 19.3. The summed E-state index contributed by atoms with van der Waals surface area (Å²) in [6.45, 7) is 6.57. The summed E-state index contributed by atoms with van der Waals surface area (Å²) in [6, 6.07) is 21.4. The van der Waals surface area contributed by atoms with Crippen molar-refractivity contribution in [2.24, 2.45) is 0 Å². The van der Waals surface area contributed by atoms with Crippen molar-refractivity contribution in [1.29, 1.82) is 0 Å². The van der Waals surface area contributed by atoms with Crippen LogP contribution in [0.4, 0.5) is 8.78 Å². The van der Waals surface area contributed by atoms with Gasteiger partial charge in [0, 0.05) is 25.2 Å². The van der Waals surface area contributed by atoms with Crippen LogP contribution in [-0.4, -0.2) is 27.5 Å². The van der Waals surface area contributed by atoms with Crippen LogP contribution in [0.5, 0.6) is 23.0 Å². The summed E-state index contributed by atoms with van der Waals surface area (Å²) in [5.41, 5.74) is 4.15. The Bertz CT molecular complexity index is 1540. The van der Waals surface area contributed by atoms with Crippen LogP contribution in [-0.2, 0) is 19.6 Å². The minimum atomic E-state index is -3.66. The van der Waals surface area contributed by atoms with Gasteiger partial charge in [-0.2, -0.15) is 0 Å². The number of unbranched alkanes of at least 4 members (excludes halogenated alkanes) is 2. The smallest absolute Gasteiger partial charge is 0.454 e. The van der Waals surface area contributed by atoms with E-state index in [1.54, 1.807) is 12.1 Å². The number of nitrogens with zero attached hydrogens (tertiary/aromatic N) is 3. The van der Waals surface area contributed by atoms with Crippen molar-refractivity contribution >= 4 is 0 Å². The minimum absolute atomic E-state index is 0.0130. The van der Waals surface area contributed by atoms with E-state index in [-0.39, 0.29) is 24.3 Å². The van der Waals surface area contributed by atoms with Crippen LogP contribution in [0.3, 0.4) is 0 Å². The van der Waals surface area contributed by atoms with Gasteiger partial charge in [-0.3, -0.25) is 4.90 Å². The third-order valence-corrected chi connectivity index (χ3v) is 7.94. The molecule has 9 heteroatoms. The first-order chi connectivity index (χ1) is 20.9. The second-order valence-electron chi connectivity index (χ2n) is 11.1. The SMILES string of the molecule is CCCCC(c1cnc(-c2ccccc2)n1CCCC)N(Cc1ccc2c(c1)OCO2)Cc1ccc2c(c1)OC(F)(F)O2. The van der Waals surface area contributed by atoms with E-state index < -0.39 is 6.29 Å². The summed E-state index contributed by atoms with van der Waals surface area (Å²) < 4.78 is 50.7. The van der Waals surface area contributed by atoms with Gasteiger partial charge in [0.1, 0.15) is 5.82 Å². The molecule has 1 atom stereocenters. The molecule has 1 unspecified atom stereocenters. The van der Waals surface area contributed by atoms with Crippen molar-refractivity contribution in [1.82, 2.24) is 14.5 Å². The Kier molecular flexibility index (Phi) is 8.51. The number of hydrogen-bond donors (Lipinski definition) is 0. The third-order valence-electron chi connectivity index (χ3n) is 7.94. The Labute approximate surface area is 251 Å². The third kappa shape index (κ3) is 6.46. The van der Waals surface area contributed by atoms with E-state index in [0.29, 0.717) is 13.1 Å². The van der Waals surface area contributed by atoms with Gasteiger partial charge in [0.25, 0.3) is 0 Å². The van der Waals surface area contributed by atoms with Crippen LogP contribution in [0.25, 0.3) is 11.4 Å². The van der Waals surface area contributed by atoms with Crippen molar-refractivity contribution in [2.45, 2.75) is 77.9 Å². The molecule has 0 bridgehead atoms. The van der Waals surface area contributed by atoms with Crippen molar-refractivity contribution in [2.75, 3.05) is 6.79 Å². The molecule has 6 rings (SSSR count). The lowest BCUT2D eigenvalue weighted by Gasteiger charge is -2.33. The van der Waals surface area contributed by atoms with E-state index in [2.05, 4.69) is 46.3 Å². The molecule has 0 aliphatic carbocycles. The lowest BCUT2D eigenvalue weighted by atomic mass is 10.0. The van der Waals surface area contributed by atoms with Crippen molar-refractivity contribution in [3.63, 3.8) is 0 Å². The number of ether oxygens (including phenoxy) is 4. The highest BCUT2D eigenvalue weighted by Gasteiger charge is 2.43. The van der Waals surface area contributed by atoms with Crippen molar-refractivity contribution in [3.05, 3.63) is 89.7 Å². The quantitative estimate of drug-likeness (QED) is 0.156. The van der Waals surface area contributed by atoms with E-state index in [4.69, 9.17) is 19.2 Å². The molecule has 226 valence electrons. The number of fused-ring (bicyclic) bond motifs is 2. The molecule has 2 aliphatic heterocycles. The van der Waals surface area contributed by atoms with E-state index >= 15 is 0 Å². The van der Waals surface area contributed by atoms with Gasteiger partial charge in [-0.15, -0.1) is 8.78 Å². The minimum Gasteiger partial charge on any atom is -0.454 e. The largest absolute Gasteiger partial charge is 0.586 e. The monoisotopic (exact) mass is 589 g/mol. The summed E-state index contributed by atoms with van der Waals surface area (Å²) in [6.07, 6.45) is 3.44. The fourth-order valence-corrected chi connectivity index (χ4v) is 5.82. The Balaban J connectivity index is 1.40. The topological polar surface area (TPSA) is 58.0 Å². The fraction of sp³-hybridized carbons (Fsp3) is 0.382. The van der Waals surface area contributed by atoms with Gasteiger partial charge >= 0.3 is 6.29 Å². The molecule has 0 spiro atoms. The molecular formula is C34H37F2N3O4. The van der Waals surface area contributed by atoms with Gasteiger partial charge in [0.05, 0.1) is 17.9 Å². The standard InChI is InChI=1S/C34H37F2N3O4/c1-3-5-12-27(28-20-37-33(39(28)17-6-4-2)26-10-8-7-9-11-26)38(21-24-13-15-29-31(18-24)41-23-40-29)22-25-14-16-30-32(19-25)43-34(35,36)42-30/h7-11,13-16,18-20,27H,3-6,12,17,21-23H2,1-2H3. The normalized spacial score (nSPS) is 15.3. The van der Waals surface area contributed by atoms with Gasteiger partial charge in [0.2, 0.25) is 6.79 Å². The van der Waals surface area contributed by atoms with E-state index in [1.807, 2.05) is 42.6 Å². The lowest BCUT2D eigenvalue weighted by molar-refractivity contribution is -0.286. The Morgan fingerprint density at radius 1 is 0.837 bits per heavy atom. The molecule has 0 N–H and O–H groups in total. The summed E-state index contributed by atoms with van der Waals surface area (Å²) in [5.74, 6) is 2.52. The molecule has 0 radical (unpaired) electrons. The van der Waals surface area contributed by atoms with Gasteiger partial charge < -0.3 is 23.5 Å². The first-order valence-electron chi connectivity index (χ1n) is 15.1. The molecule has 4 aromatic rings. The highest BCUT2D eigenvalue weighted by molar-refractivity contribution is 5.56. The molecular weight excluding hydrogens is 552 g/mol. The predicted molar refractivity (Wildman–Crippen MR) is 159 cm³/mol. The van der Waals surface area contributed by atoms with Crippen molar-refractivity contribution in [3.8, 4) is 34.4 Å². The second-order valence-corrected chi connectivity index (χ2v) is 11.1. The summed E-state index contributed by atoms with van der Waals surface area (Å²) in [4.78, 5) is 7.36. The number of aromatic nitrogens is 2. The lowest BCUT2D eigenvalue weighted by Crippen LogP contribution is -2.30. The molecule has 1 aromatic heterocycles. The van der Waals surface area contributed by atoms with Crippen LogP contribution in [0.1, 0.15) is 68.8 Å². The molecule has 0 saturated carbocycles. The molecule has 7 nitrogen and oxygen atoms in total. The summed E-state index contributed by atoms with van der Waals surface area (Å²) in [5, 5.41) is 0. The maximum absolute atomic E-state index is 13.8. The van der Waals surface area contributed by atoms with Crippen molar-refractivity contribution < 1.29 is 27.7 Å². The van der Waals surface area contributed by atoms with Crippen LogP contribution < -0.4 is 18.9 Å². The maximum atomic E-state index is 13.8. The molecule has 3 heterocycles. The molecule has 3 aromatic carbocycles. The van der Waals surface area contributed by atoms with Gasteiger partial charge in [0.15, 0.2) is 23.0 Å².